The number of carbonyl (C=O) groups is 6. The number of nitrogens with one attached hydrogen (secondary N) is 2. The van der Waals surface area contributed by atoms with E-state index in [-0.39, 0.29) is 13.0 Å². The van der Waals surface area contributed by atoms with Crippen LogP contribution in [0.2, 0.25) is 0 Å². The quantitative estimate of drug-likeness (QED) is 0.207. The minimum Gasteiger partial charge on any atom is -0.480 e. The van der Waals surface area contributed by atoms with Crippen molar-refractivity contribution in [2.75, 3.05) is 6.54 Å². The molecule has 0 aromatic heterocycles. The normalized spacial score (nSPS) is 19.0. The zero-order valence-corrected chi connectivity index (χ0v) is 15.9. The molecule has 0 aromatic rings. The largest absolute Gasteiger partial charge is 0.480 e. The standard InChI is InChI=1S/C16H26N6O7/c1-7(20-13(25)8(17)5-11(18)23)15(27)22-4-2-3-10(22)14(26)21-9(16(28)29)6-12(19)24/h7-10H,2-6,17H2,1H3,(H2,18,23)(H2,19,24)(H,20,25)(H,21,26)(H,28,29). The van der Waals surface area contributed by atoms with E-state index in [0.29, 0.717) is 6.42 Å². The van der Waals surface area contributed by atoms with Crippen LogP contribution < -0.4 is 27.8 Å². The zero-order chi connectivity index (χ0) is 22.3. The van der Waals surface area contributed by atoms with Gasteiger partial charge in [0.25, 0.3) is 0 Å². The summed E-state index contributed by atoms with van der Waals surface area (Å²) in [5, 5.41) is 13.7. The fourth-order valence-electron chi connectivity index (χ4n) is 2.91. The molecule has 1 aliphatic heterocycles. The molecule has 0 radical (unpaired) electrons. The van der Waals surface area contributed by atoms with Crippen molar-refractivity contribution in [2.45, 2.75) is 56.8 Å². The fourth-order valence-corrected chi connectivity index (χ4v) is 2.91. The first-order valence-electron chi connectivity index (χ1n) is 8.90. The van der Waals surface area contributed by atoms with Crippen molar-refractivity contribution < 1.29 is 33.9 Å². The molecule has 13 heteroatoms. The summed E-state index contributed by atoms with van der Waals surface area (Å²) in [4.78, 5) is 71.2. The Hall–Kier alpha value is -3.22. The molecule has 0 aromatic carbocycles. The van der Waals surface area contributed by atoms with Gasteiger partial charge in [-0.3, -0.25) is 24.0 Å². The highest BCUT2D eigenvalue weighted by Crippen LogP contribution is 2.19. The molecule has 1 fully saturated rings. The van der Waals surface area contributed by atoms with E-state index in [2.05, 4.69) is 10.6 Å². The van der Waals surface area contributed by atoms with Crippen molar-refractivity contribution in [3.8, 4) is 0 Å². The van der Waals surface area contributed by atoms with Crippen molar-refractivity contribution in [2.24, 2.45) is 17.2 Å². The highest BCUT2D eigenvalue weighted by Gasteiger charge is 2.38. The van der Waals surface area contributed by atoms with Crippen LogP contribution in [-0.2, 0) is 28.8 Å². The average molecular weight is 414 g/mol. The Bertz CT molecular complexity index is 697. The molecule has 1 saturated heterocycles. The maximum Gasteiger partial charge on any atom is 0.326 e. The Kier molecular flexibility index (Phi) is 8.51. The van der Waals surface area contributed by atoms with Gasteiger partial charge in [0.15, 0.2) is 0 Å². The van der Waals surface area contributed by atoms with Gasteiger partial charge in [-0.15, -0.1) is 0 Å². The summed E-state index contributed by atoms with van der Waals surface area (Å²) < 4.78 is 0. The van der Waals surface area contributed by atoms with Gasteiger partial charge < -0.3 is 37.8 Å². The lowest BCUT2D eigenvalue weighted by Gasteiger charge is -2.28. The van der Waals surface area contributed by atoms with Gasteiger partial charge in [-0.1, -0.05) is 0 Å². The Morgan fingerprint density at radius 2 is 1.66 bits per heavy atom. The van der Waals surface area contributed by atoms with Crippen molar-refractivity contribution in [1.82, 2.24) is 15.5 Å². The molecule has 9 N–H and O–H groups in total. The molecule has 0 saturated carbocycles. The molecule has 5 amide bonds. The fraction of sp³-hybridized carbons (Fsp3) is 0.625. The lowest BCUT2D eigenvalue weighted by Crippen LogP contribution is -2.56. The first-order chi connectivity index (χ1) is 13.4. The third kappa shape index (κ3) is 7.03. The van der Waals surface area contributed by atoms with E-state index in [0.717, 1.165) is 0 Å². The van der Waals surface area contributed by atoms with E-state index >= 15 is 0 Å². The topological polar surface area (TPSA) is 228 Å². The van der Waals surface area contributed by atoms with Gasteiger partial charge >= 0.3 is 5.97 Å². The number of carbonyl (C=O) groups excluding carboxylic acids is 5. The highest BCUT2D eigenvalue weighted by molar-refractivity contribution is 5.95. The predicted octanol–water partition coefficient (Wildman–Crippen LogP) is -3.87. The van der Waals surface area contributed by atoms with Crippen molar-refractivity contribution >= 4 is 35.5 Å². The summed E-state index contributed by atoms with van der Waals surface area (Å²) in [5.74, 6) is -5.18. The second-order valence-corrected chi connectivity index (χ2v) is 6.77. The average Bonchev–Trinajstić information content (AvgIpc) is 3.08. The van der Waals surface area contributed by atoms with Gasteiger partial charge in [0.2, 0.25) is 29.5 Å². The van der Waals surface area contributed by atoms with Crippen LogP contribution in [-0.4, -0.2) is 76.2 Å². The Labute approximate surface area is 166 Å². The molecule has 162 valence electrons. The number of hydrogen-bond donors (Lipinski definition) is 6. The molecule has 4 unspecified atom stereocenters. The zero-order valence-electron chi connectivity index (χ0n) is 15.9. The molecule has 4 atom stereocenters. The Morgan fingerprint density at radius 1 is 1.07 bits per heavy atom. The minimum absolute atomic E-state index is 0.220. The van der Waals surface area contributed by atoms with Crippen LogP contribution in [0.1, 0.15) is 32.6 Å². The van der Waals surface area contributed by atoms with E-state index in [4.69, 9.17) is 22.3 Å². The third-order valence-electron chi connectivity index (χ3n) is 4.35. The number of nitrogens with two attached hydrogens (primary N) is 3. The lowest BCUT2D eigenvalue weighted by atomic mass is 10.1. The van der Waals surface area contributed by atoms with Crippen LogP contribution in [0.4, 0.5) is 0 Å². The summed E-state index contributed by atoms with van der Waals surface area (Å²) in [7, 11) is 0. The third-order valence-corrected chi connectivity index (χ3v) is 4.35. The second kappa shape index (κ2) is 10.4. The van der Waals surface area contributed by atoms with Crippen LogP contribution in [0, 0.1) is 0 Å². The van der Waals surface area contributed by atoms with Gasteiger partial charge in [0.1, 0.15) is 18.1 Å². The number of primary amides is 2. The molecule has 1 rings (SSSR count). The van der Waals surface area contributed by atoms with E-state index in [9.17, 15) is 28.8 Å². The van der Waals surface area contributed by atoms with Crippen LogP contribution in [0.5, 0.6) is 0 Å². The number of hydrogen-bond acceptors (Lipinski definition) is 7. The summed E-state index contributed by atoms with van der Waals surface area (Å²) >= 11 is 0. The summed E-state index contributed by atoms with van der Waals surface area (Å²) in [6.45, 7) is 1.61. The number of amides is 5. The predicted molar refractivity (Wildman–Crippen MR) is 97.5 cm³/mol. The van der Waals surface area contributed by atoms with E-state index in [1.54, 1.807) is 0 Å². The maximum absolute atomic E-state index is 12.6. The molecule has 13 nitrogen and oxygen atoms in total. The van der Waals surface area contributed by atoms with E-state index < -0.39 is 72.5 Å². The number of aliphatic carboxylic acids is 1. The number of rotatable bonds is 10. The number of carboxylic acid groups (broad SMARTS) is 1. The first-order valence-corrected chi connectivity index (χ1v) is 8.90. The first kappa shape index (κ1) is 23.8. The summed E-state index contributed by atoms with van der Waals surface area (Å²) in [6.07, 6.45) is -0.217. The van der Waals surface area contributed by atoms with Gasteiger partial charge in [-0.05, 0) is 19.8 Å². The van der Waals surface area contributed by atoms with Crippen LogP contribution in [0.15, 0.2) is 0 Å². The molecule has 0 aliphatic carbocycles. The molecular formula is C16H26N6O7. The Balaban J connectivity index is 2.76. The monoisotopic (exact) mass is 414 g/mol. The lowest BCUT2D eigenvalue weighted by molar-refractivity contribution is -0.145. The van der Waals surface area contributed by atoms with Crippen molar-refractivity contribution in [1.29, 1.82) is 0 Å². The smallest absolute Gasteiger partial charge is 0.326 e. The second-order valence-electron chi connectivity index (χ2n) is 6.77. The Morgan fingerprint density at radius 3 is 2.17 bits per heavy atom. The van der Waals surface area contributed by atoms with Crippen LogP contribution >= 0.6 is 0 Å². The maximum atomic E-state index is 12.6. The number of likely N-dealkylation sites (tertiary alicyclic amines) is 1. The molecule has 29 heavy (non-hydrogen) atoms. The van der Waals surface area contributed by atoms with Gasteiger partial charge in [0, 0.05) is 6.54 Å². The molecular weight excluding hydrogens is 388 g/mol. The van der Waals surface area contributed by atoms with Crippen LogP contribution in [0.3, 0.4) is 0 Å². The van der Waals surface area contributed by atoms with E-state index in [1.165, 1.54) is 11.8 Å². The van der Waals surface area contributed by atoms with Crippen molar-refractivity contribution in [3.05, 3.63) is 0 Å². The SMILES string of the molecule is CC(NC(=O)C(N)CC(N)=O)C(=O)N1CCCC1C(=O)NC(CC(N)=O)C(=O)O. The molecule has 0 spiro atoms. The van der Waals surface area contributed by atoms with Crippen LogP contribution in [0.25, 0.3) is 0 Å². The van der Waals surface area contributed by atoms with E-state index in [1.807, 2.05) is 0 Å². The molecule has 1 aliphatic rings. The summed E-state index contributed by atoms with van der Waals surface area (Å²) in [5.41, 5.74) is 15.5. The van der Waals surface area contributed by atoms with Gasteiger partial charge in [-0.2, -0.15) is 0 Å². The van der Waals surface area contributed by atoms with Gasteiger partial charge in [-0.25, -0.2) is 4.79 Å². The molecule has 1 heterocycles. The minimum atomic E-state index is -1.51. The number of carboxylic acids is 1. The summed E-state index contributed by atoms with van der Waals surface area (Å²) in [6, 6.07) is -4.74. The van der Waals surface area contributed by atoms with Crippen molar-refractivity contribution in [3.63, 3.8) is 0 Å². The van der Waals surface area contributed by atoms with Gasteiger partial charge in [0.05, 0.1) is 18.9 Å². The number of nitrogens with zero attached hydrogens (tertiary/aromatic N) is 1. The molecule has 0 bridgehead atoms. The highest BCUT2D eigenvalue weighted by atomic mass is 16.4.